The molecule has 2 aromatic carbocycles. The minimum atomic E-state index is -0.778. The normalized spacial score (nSPS) is 11.4. The molecule has 0 spiro atoms. The lowest BCUT2D eigenvalue weighted by Crippen LogP contribution is -2.44. The molecule has 0 aliphatic carbocycles. The lowest BCUT2D eigenvalue weighted by molar-refractivity contribution is -0.122. The number of carbonyl (C=O) groups excluding carboxylic acids is 3. The predicted octanol–water partition coefficient (Wildman–Crippen LogP) is 0.484. The Morgan fingerprint density at radius 1 is 0.966 bits per heavy atom. The van der Waals surface area contributed by atoms with Crippen molar-refractivity contribution in [3.05, 3.63) is 76.2 Å². The molecule has 10 nitrogen and oxygen atoms in total. The summed E-state index contributed by atoms with van der Waals surface area (Å²) < 4.78 is 0. The number of fused-ring (bicyclic) bond motifs is 1. The van der Waals surface area contributed by atoms with Crippen LogP contribution in [-0.2, 0) is 4.79 Å². The van der Waals surface area contributed by atoms with Crippen molar-refractivity contribution >= 4 is 28.6 Å². The Morgan fingerprint density at radius 3 is 2.31 bits per heavy atom. The van der Waals surface area contributed by atoms with E-state index in [2.05, 4.69) is 26.4 Å². The number of rotatable bonds is 5. The lowest BCUT2D eigenvalue weighted by atomic mass is 10.0. The van der Waals surface area contributed by atoms with Gasteiger partial charge in [-0.05, 0) is 11.6 Å². The molecular formula is C19H18N6O4. The number of amides is 4. The summed E-state index contributed by atoms with van der Waals surface area (Å²) in [6.07, 6.45) is -0.160. The van der Waals surface area contributed by atoms with Crippen molar-refractivity contribution in [1.82, 2.24) is 26.4 Å². The maximum Gasteiger partial charge on any atom is 0.312 e. The summed E-state index contributed by atoms with van der Waals surface area (Å²) in [6, 6.07) is 13.8. The number of hydrazine groups is 1. The number of nitrogens with two attached hydrogens (primary N) is 1. The third-order valence-corrected chi connectivity index (χ3v) is 4.13. The number of hydrogen-bond acceptors (Lipinski definition) is 5. The van der Waals surface area contributed by atoms with Gasteiger partial charge in [-0.25, -0.2) is 9.89 Å². The Bertz CT molecular complexity index is 1110. The van der Waals surface area contributed by atoms with Crippen molar-refractivity contribution < 1.29 is 14.4 Å². The monoisotopic (exact) mass is 394 g/mol. The standard InChI is InChI=1S/C19H18N6O4/c20-19(29)21-14(11-6-2-1-3-7-11)10-15(26)22-25-18(28)16-12-8-4-5-9-13(12)17(27)24-23-16/h1-9,14H,10H2,(H,22,26)(H,24,27)(H,25,28)(H3,20,21,29). The SMILES string of the molecule is NC(=O)NC(CC(=O)NNC(=O)c1n[nH]c(=O)c2ccccc12)c1ccccc1. The van der Waals surface area contributed by atoms with Crippen LogP contribution in [0.2, 0.25) is 0 Å². The Morgan fingerprint density at radius 2 is 1.62 bits per heavy atom. The predicted molar refractivity (Wildman–Crippen MR) is 104 cm³/mol. The summed E-state index contributed by atoms with van der Waals surface area (Å²) in [4.78, 5) is 47.7. The first-order valence-electron chi connectivity index (χ1n) is 8.63. The van der Waals surface area contributed by atoms with Crippen LogP contribution in [0.3, 0.4) is 0 Å². The maximum atomic E-state index is 12.4. The summed E-state index contributed by atoms with van der Waals surface area (Å²) in [6.45, 7) is 0. The molecule has 1 heterocycles. The van der Waals surface area contributed by atoms with Gasteiger partial charge >= 0.3 is 6.03 Å². The summed E-state index contributed by atoms with van der Waals surface area (Å²) >= 11 is 0. The smallest absolute Gasteiger partial charge is 0.312 e. The van der Waals surface area contributed by atoms with Crippen LogP contribution in [-0.4, -0.2) is 28.0 Å². The van der Waals surface area contributed by atoms with Crippen LogP contribution >= 0.6 is 0 Å². The van der Waals surface area contributed by atoms with E-state index >= 15 is 0 Å². The van der Waals surface area contributed by atoms with E-state index in [9.17, 15) is 19.2 Å². The first-order chi connectivity index (χ1) is 14.0. The molecule has 3 aromatic rings. The molecule has 4 amide bonds. The number of urea groups is 1. The van der Waals surface area contributed by atoms with Crippen molar-refractivity contribution in [2.75, 3.05) is 0 Å². The van der Waals surface area contributed by atoms with E-state index in [1.54, 1.807) is 54.6 Å². The first kappa shape index (κ1) is 19.5. The van der Waals surface area contributed by atoms with Crippen molar-refractivity contribution in [1.29, 1.82) is 0 Å². The van der Waals surface area contributed by atoms with Gasteiger partial charge in [-0.2, -0.15) is 5.10 Å². The molecule has 0 aliphatic heterocycles. The average Bonchev–Trinajstić information content (AvgIpc) is 2.72. The second kappa shape index (κ2) is 8.65. The number of carbonyl (C=O) groups is 3. The Hall–Kier alpha value is -4.21. The fourth-order valence-corrected chi connectivity index (χ4v) is 2.82. The number of H-pyrrole nitrogens is 1. The Kier molecular flexibility index (Phi) is 5.83. The molecule has 6 N–H and O–H groups in total. The zero-order valence-corrected chi connectivity index (χ0v) is 15.1. The van der Waals surface area contributed by atoms with Gasteiger partial charge in [-0.15, -0.1) is 0 Å². The highest BCUT2D eigenvalue weighted by molar-refractivity contribution is 6.05. The summed E-state index contributed by atoms with van der Waals surface area (Å²) in [5.41, 5.74) is 9.91. The number of hydrogen-bond donors (Lipinski definition) is 5. The number of aromatic nitrogens is 2. The molecule has 0 bridgehead atoms. The van der Waals surface area contributed by atoms with Gasteiger partial charge in [0.2, 0.25) is 5.91 Å². The first-order valence-corrected chi connectivity index (χ1v) is 8.63. The Labute approximate surface area is 164 Å². The largest absolute Gasteiger partial charge is 0.352 e. The lowest BCUT2D eigenvalue weighted by Gasteiger charge is -2.18. The van der Waals surface area contributed by atoms with Crippen molar-refractivity contribution in [2.24, 2.45) is 5.73 Å². The van der Waals surface area contributed by atoms with E-state index in [0.29, 0.717) is 16.3 Å². The van der Waals surface area contributed by atoms with E-state index in [1.807, 2.05) is 0 Å². The average molecular weight is 394 g/mol. The fourth-order valence-electron chi connectivity index (χ4n) is 2.82. The van der Waals surface area contributed by atoms with Gasteiger partial charge in [0.05, 0.1) is 17.8 Å². The fraction of sp³-hybridized carbons (Fsp3) is 0.105. The van der Waals surface area contributed by atoms with Gasteiger partial charge in [-0.1, -0.05) is 48.5 Å². The van der Waals surface area contributed by atoms with Crippen LogP contribution in [0.25, 0.3) is 10.8 Å². The number of nitrogens with zero attached hydrogens (tertiary/aromatic N) is 1. The van der Waals surface area contributed by atoms with Gasteiger partial charge in [-0.3, -0.25) is 25.2 Å². The number of aromatic amines is 1. The number of primary amides is 1. The molecule has 1 aromatic heterocycles. The third-order valence-electron chi connectivity index (χ3n) is 4.13. The summed E-state index contributed by atoms with van der Waals surface area (Å²) in [7, 11) is 0. The molecule has 1 unspecified atom stereocenters. The summed E-state index contributed by atoms with van der Waals surface area (Å²) in [5, 5.41) is 9.14. The number of benzene rings is 2. The van der Waals surface area contributed by atoms with E-state index in [-0.39, 0.29) is 12.1 Å². The quantitative estimate of drug-likeness (QED) is 0.398. The summed E-state index contributed by atoms with van der Waals surface area (Å²) in [5.74, 6) is -1.26. The van der Waals surface area contributed by atoms with Crippen molar-refractivity contribution in [3.63, 3.8) is 0 Å². The van der Waals surface area contributed by atoms with Crippen LogP contribution in [0.15, 0.2) is 59.4 Å². The molecule has 0 saturated carbocycles. The molecule has 29 heavy (non-hydrogen) atoms. The van der Waals surface area contributed by atoms with Crippen LogP contribution in [0.1, 0.15) is 28.5 Å². The van der Waals surface area contributed by atoms with Gasteiger partial charge in [0, 0.05) is 5.39 Å². The molecule has 3 rings (SSSR count). The molecule has 0 aliphatic rings. The highest BCUT2D eigenvalue weighted by atomic mass is 16.2. The van der Waals surface area contributed by atoms with Crippen LogP contribution in [0.4, 0.5) is 4.79 Å². The van der Waals surface area contributed by atoms with Crippen LogP contribution in [0.5, 0.6) is 0 Å². The highest BCUT2D eigenvalue weighted by Gasteiger charge is 2.19. The second-order valence-electron chi connectivity index (χ2n) is 6.13. The van der Waals surface area contributed by atoms with Crippen molar-refractivity contribution in [3.8, 4) is 0 Å². The van der Waals surface area contributed by atoms with Gasteiger partial charge in [0.1, 0.15) is 0 Å². The molecule has 0 fully saturated rings. The van der Waals surface area contributed by atoms with Crippen molar-refractivity contribution in [2.45, 2.75) is 12.5 Å². The third kappa shape index (κ3) is 4.75. The van der Waals surface area contributed by atoms with Gasteiger partial charge in [0.15, 0.2) is 5.69 Å². The van der Waals surface area contributed by atoms with E-state index in [1.165, 1.54) is 0 Å². The number of nitrogens with one attached hydrogen (secondary N) is 4. The molecule has 1 atom stereocenters. The highest BCUT2D eigenvalue weighted by Crippen LogP contribution is 2.16. The minimum absolute atomic E-state index is 0.0460. The van der Waals surface area contributed by atoms with E-state index in [0.717, 1.165) is 0 Å². The second-order valence-corrected chi connectivity index (χ2v) is 6.13. The van der Waals surface area contributed by atoms with E-state index in [4.69, 9.17) is 5.73 Å². The van der Waals surface area contributed by atoms with E-state index < -0.39 is 29.4 Å². The Balaban J connectivity index is 1.68. The molecule has 0 saturated heterocycles. The topological polar surface area (TPSA) is 159 Å². The zero-order valence-electron chi connectivity index (χ0n) is 15.1. The molecule has 0 radical (unpaired) electrons. The minimum Gasteiger partial charge on any atom is -0.352 e. The molecular weight excluding hydrogens is 376 g/mol. The zero-order chi connectivity index (χ0) is 20.8. The van der Waals surface area contributed by atoms with Crippen LogP contribution < -0.4 is 27.5 Å². The maximum absolute atomic E-state index is 12.4. The van der Waals surface area contributed by atoms with Gasteiger partial charge in [0.25, 0.3) is 11.5 Å². The van der Waals surface area contributed by atoms with Gasteiger partial charge < -0.3 is 11.1 Å². The molecule has 10 heteroatoms. The van der Waals surface area contributed by atoms with Crippen LogP contribution in [0, 0.1) is 0 Å². The molecule has 148 valence electrons.